The lowest BCUT2D eigenvalue weighted by Crippen LogP contribution is -2.46. The van der Waals surface area contributed by atoms with Gasteiger partial charge in [0, 0.05) is 22.6 Å². The van der Waals surface area contributed by atoms with Crippen LogP contribution < -0.4 is 0 Å². The summed E-state index contributed by atoms with van der Waals surface area (Å²) in [7, 11) is 0. The second-order valence-electron chi connectivity index (χ2n) is 4.87. The highest BCUT2D eigenvalue weighted by atomic mass is 79.9. The minimum absolute atomic E-state index is 0.163. The Balaban J connectivity index is 2.16. The lowest BCUT2D eigenvalue weighted by atomic mass is 9.91. The zero-order valence-electron chi connectivity index (χ0n) is 10.3. The fourth-order valence-electron chi connectivity index (χ4n) is 2.38. The van der Waals surface area contributed by atoms with E-state index >= 15 is 0 Å². The topological polar surface area (TPSA) is 20.3 Å². The van der Waals surface area contributed by atoms with Crippen LogP contribution in [0.1, 0.15) is 37.0 Å². The number of hydrogen-bond donors (Lipinski definition) is 0. The van der Waals surface area contributed by atoms with Gasteiger partial charge in [-0.15, -0.1) is 0 Å². The molecule has 0 aliphatic carbocycles. The minimum atomic E-state index is 0.163. The van der Waals surface area contributed by atoms with Crippen LogP contribution in [0.15, 0.2) is 28.7 Å². The third kappa shape index (κ3) is 2.71. The molecule has 2 rings (SSSR count). The summed E-state index contributed by atoms with van der Waals surface area (Å²) in [6.45, 7) is 5.27. The molecule has 2 nitrogen and oxygen atoms in total. The number of piperidine rings is 1. The molecule has 0 radical (unpaired) electrons. The van der Waals surface area contributed by atoms with Crippen LogP contribution in [0.25, 0.3) is 0 Å². The quantitative estimate of drug-likeness (QED) is 0.773. The predicted molar refractivity (Wildman–Crippen MR) is 73.0 cm³/mol. The molecule has 2 unspecified atom stereocenters. The Morgan fingerprint density at radius 1 is 1.29 bits per heavy atom. The predicted octanol–water partition coefficient (Wildman–Crippen LogP) is 3.71. The van der Waals surface area contributed by atoms with Gasteiger partial charge in [0.2, 0.25) is 0 Å². The molecule has 1 fully saturated rings. The maximum absolute atomic E-state index is 12.4. The summed E-state index contributed by atoms with van der Waals surface area (Å²) in [6, 6.07) is 7.97. The number of nitrogens with zero attached hydrogens (tertiary/aromatic N) is 1. The molecular weight excluding hydrogens is 278 g/mol. The Bertz CT molecular complexity index is 401. The smallest absolute Gasteiger partial charge is 0.254 e. The third-order valence-electron chi connectivity index (χ3n) is 3.73. The Morgan fingerprint density at radius 2 is 1.94 bits per heavy atom. The fourth-order valence-corrected chi connectivity index (χ4v) is 2.64. The van der Waals surface area contributed by atoms with Crippen molar-refractivity contribution >= 4 is 21.8 Å². The molecule has 1 aliphatic rings. The molecule has 0 spiro atoms. The van der Waals surface area contributed by atoms with Gasteiger partial charge in [0.1, 0.15) is 0 Å². The number of amides is 1. The molecule has 1 amide bonds. The van der Waals surface area contributed by atoms with Crippen molar-refractivity contribution in [2.75, 3.05) is 6.54 Å². The number of carbonyl (C=O) groups is 1. The Labute approximate surface area is 111 Å². The van der Waals surface area contributed by atoms with E-state index in [2.05, 4.69) is 29.8 Å². The molecule has 2 atom stereocenters. The zero-order chi connectivity index (χ0) is 12.4. The normalized spacial score (nSPS) is 24.8. The average molecular weight is 296 g/mol. The van der Waals surface area contributed by atoms with Crippen LogP contribution in [0.4, 0.5) is 0 Å². The first-order valence-corrected chi connectivity index (χ1v) is 6.95. The van der Waals surface area contributed by atoms with Crippen molar-refractivity contribution < 1.29 is 4.79 Å². The van der Waals surface area contributed by atoms with E-state index in [-0.39, 0.29) is 5.91 Å². The summed E-state index contributed by atoms with van der Waals surface area (Å²) in [4.78, 5) is 14.4. The van der Waals surface area contributed by atoms with Crippen molar-refractivity contribution in [3.63, 3.8) is 0 Å². The van der Waals surface area contributed by atoms with E-state index in [1.165, 1.54) is 6.42 Å². The lowest BCUT2D eigenvalue weighted by Gasteiger charge is -2.38. The van der Waals surface area contributed by atoms with Gasteiger partial charge >= 0.3 is 0 Å². The highest BCUT2D eigenvalue weighted by Gasteiger charge is 2.28. The summed E-state index contributed by atoms with van der Waals surface area (Å²) >= 11 is 3.39. The fraction of sp³-hybridized carbons (Fsp3) is 0.500. The SMILES string of the molecule is CC1CCCN(C(=O)c2ccc(Br)cc2)C1C. The first-order chi connectivity index (χ1) is 8.09. The van der Waals surface area contributed by atoms with Gasteiger partial charge < -0.3 is 4.90 Å². The molecule has 1 heterocycles. The van der Waals surface area contributed by atoms with Crippen molar-refractivity contribution in [2.45, 2.75) is 32.7 Å². The second-order valence-corrected chi connectivity index (χ2v) is 5.78. The van der Waals surface area contributed by atoms with Crippen molar-refractivity contribution in [3.8, 4) is 0 Å². The Kier molecular flexibility index (Phi) is 3.87. The van der Waals surface area contributed by atoms with E-state index < -0.39 is 0 Å². The maximum Gasteiger partial charge on any atom is 0.254 e. The van der Waals surface area contributed by atoms with Crippen molar-refractivity contribution in [3.05, 3.63) is 34.3 Å². The van der Waals surface area contributed by atoms with Gasteiger partial charge in [-0.2, -0.15) is 0 Å². The summed E-state index contributed by atoms with van der Waals surface area (Å²) < 4.78 is 1.01. The van der Waals surface area contributed by atoms with Crippen LogP contribution in [0, 0.1) is 5.92 Å². The monoisotopic (exact) mass is 295 g/mol. The van der Waals surface area contributed by atoms with Gasteiger partial charge in [-0.25, -0.2) is 0 Å². The number of hydrogen-bond acceptors (Lipinski definition) is 1. The Hall–Kier alpha value is -0.830. The average Bonchev–Trinajstić information content (AvgIpc) is 2.33. The van der Waals surface area contributed by atoms with Crippen LogP contribution in [0.2, 0.25) is 0 Å². The first-order valence-electron chi connectivity index (χ1n) is 6.16. The van der Waals surface area contributed by atoms with Gasteiger partial charge in [-0.3, -0.25) is 4.79 Å². The van der Waals surface area contributed by atoms with Crippen LogP contribution in [0.5, 0.6) is 0 Å². The number of rotatable bonds is 1. The summed E-state index contributed by atoms with van der Waals surface area (Å²) in [5, 5.41) is 0. The lowest BCUT2D eigenvalue weighted by molar-refractivity contribution is 0.0551. The summed E-state index contributed by atoms with van der Waals surface area (Å²) in [5.74, 6) is 0.764. The maximum atomic E-state index is 12.4. The highest BCUT2D eigenvalue weighted by molar-refractivity contribution is 9.10. The number of halogens is 1. The molecular formula is C14H18BrNO. The minimum Gasteiger partial charge on any atom is -0.336 e. The Morgan fingerprint density at radius 3 is 2.59 bits per heavy atom. The van der Waals surface area contributed by atoms with Gasteiger partial charge in [0.25, 0.3) is 5.91 Å². The van der Waals surface area contributed by atoms with E-state index in [1.54, 1.807) is 0 Å². The largest absolute Gasteiger partial charge is 0.336 e. The molecule has 1 aromatic carbocycles. The van der Waals surface area contributed by atoms with Crippen molar-refractivity contribution in [2.24, 2.45) is 5.92 Å². The van der Waals surface area contributed by atoms with Gasteiger partial charge in [-0.05, 0) is 49.9 Å². The van der Waals surface area contributed by atoms with E-state index in [4.69, 9.17) is 0 Å². The van der Waals surface area contributed by atoms with E-state index in [9.17, 15) is 4.79 Å². The molecule has 92 valence electrons. The summed E-state index contributed by atoms with van der Waals surface area (Å²) in [5.41, 5.74) is 0.786. The molecule has 17 heavy (non-hydrogen) atoms. The molecule has 0 aromatic heterocycles. The number of benzene rings is 1. The third-order valence-corrected chi connectivity index (χ3v) is 4.25. The zero-order valence-corrected chi connectivity index (χ0v) is 11.9. The second kappa shape index (κ2) is 5.21. The van der Waals surface area contributed by atoms with Gasteiger partial charge in [0.05, 0.1) is 0 Å². The first kappa shape index (κ1) is 12.6. The molecule has 0 N–H and O–H groups in total. The standard InChI is InChI=1S/C14H18BrNO/c1-10-4-3-9-16(11(10)2)14(17)12-5-7-13(15)8-6-12/h5-8,10-11H,3-4,9H2,1-2H3. The van der Waals surface area contributed by atoms with Gasteiger partial charge in [-0.1, -0.05) is 22.9 Å². The molecule has 1 aromatic rings. The van der Waals surface area contributed by atoms with Crippen LogP contribution in [-0.2, 0) is 0 Å². The van der Waals surface area contributed by atoms with Crippen molar-refractivity contribution in [1.82, 2.24) is 4.90 Å². The molecule has 3 heteroatoms. The number of likely N-dealkylation sites (tertiary alicyclic amines) is 1. The van der Waals surface area contributed by atoms with E-state index in [1.807, 2.05) is 29.2 Å². The van der Waals surface area contributed by atoms with Crippen LogP contribution in [0.3, 0.4) is 0 Å². The highest BCUT2D eigenvalue weighted by Crippen LogP contribution is 2.24. The van der Waals surface area contributed by atoms with Gasteiger partial charge in [0.15, 0.2) is 0 Å². The molecule has 1 saturated heterocycles. The van der Waals surface area contributed by atoms with Crippen molar-refractivity contribution in [1.29, 1.82) is 0 Å². The van der Waals surface area contributed by atoms with Crippen LogP contribution >= 0.6 is 15.9 Å². The van der Waals surface area contributed by atoms with Crippen LogP contribution in [-0.4, -0.2) is 23.4 Å². The molecule has 0 saturated carbocycles. The summed E-state index contributed by atoms with van der Waals surface area (Å²) in [6.07, 6.45) is 2.35. The molecule has 0 bridgehead atoms. The number of carbonyl (C=O) groups excluding carboxylic acids is 1. The molecule has 1 aliphatic heterocycles. The van der Waals surface area contributed by atoms with E-state index in [0.29, 0.717) is 12.0 Å². The van der Waals surface area contributed by atoms with E-state index in [0.717, 1.165) is 23.0 Å².